The number of ether oxygens (including phenoxy) is 9. The molecule has 12 atom stereocenters. The molecule has 334 valence electrons. The highest BCUT2D eigenvalue weighted by molar-refractivity contribution is 5.91. The third kappa shape index (κ3) is 7.76. The van der Waals surface area contributed by atoms with Crippen molar-refractivity contribution < 1.29 is 86.1 Å². The van der Waals surface area contributed by atoms with Crippen molar-refractivity contribution in [3.05, 3.63) is 65.5 Å². The highest BCUT2D eigenvalue weighted by Crippen LogP contribution is 2.70. The maximum Gasteiger partial charge on any atom is 0.340 e. The lowest BCUT2D eigenvalue weighted by atomic mass is 9.45. The summed E-state index contributed by atoms with van der Waals surface area (Å²) in [4.78, 5) is 113. The SMILES string of the molecule is CC(=O)OC[C@]12[C@H](OC(C)=O)[C@H](OC(C)=O)[C@@H]3[C@H](OC(C)=O)C14O[C@@]3(C)COC(=O)c1cccnc1CCC(C)C(=O)O[C@@H]([C@H](OC(=O)c1ccccc1)[C@@H]2OC(C)=O)[C@]4(C)O. The van der Waals surface area contributed by atoms with E-state index in [9.17, 15) is 43.5 Å². The number of pyridine rings is 1. The number of esters is 8. The number of rotatable bonds is 8. The Morgan fingerprint density at radius 2 is 1.37 bits per heavy atom. The van der Waals surface area contributed by atoms with Crippen LogP contribution in [-0.4, -0.2) is 124 Å². The van der Waals surface area contributed by atoms with E-state index in [4.69, 9.17) is 42.6 Å². The van der Waals surface area contributed by atoms with Crippen LogP contribution in [0.4, 0.5) is 0 Å². The second-order valence-electron chi connectivity index (χ2n) is 16.4. The average molecular weight is 868 g/mol. The number of carbonyl (C=O) groups is 8. The molecule has 19 nitrogen and oxygen atoms in total. The third-order valence-electron chi connectivity index (χ3n) is 12.1. The second-order valence-corrected chi connectivity index (χ2v) is 16.4. The largest absolute Gasteiger partial charge is 0.465 e. The molecule has 1 N–H and O–H groups in total. The van der Waals surface area contributed by atoms with Crippen molar-refractivity contribution in [1.82, 2.24) is 4.98 Å². The Morgan fingerprint density at radius 1 is 0.774 bits per heavy atom. The van der Waals surface area contributed by atoms with Crippen molar-refractivity contribution in [2.75, 3.05) is 13.2 Å². The topological polar surface area (TPSA) is 253 Å². The number of cyclic esters (lactones) is 1. The second kappa shape index (κ2) is 17.1. The number of hydrogen-bond donors (Lipinski definition) is 1. The minimum absolute atomic E-state index is 0.0225. The number of fused-ring (bicyclic) bond motifs is 5. The van der Waals surface area contributed by atoms with Crippen LogP contribution in [0.2, 0.25) is 0 Å². The van der Waals surface area contributed by atoms with Gasteiger partial charge >= 0.3 is 47.8 Å². The monoisotopic (exact) mass is 867 g/mol. The number of aromatic nitrogens is 1. The molecule has 6 rings (SSSR count). The van der Waals surface area contributed by atoms with Crippen LogP contribution in [0, 0.1) is 17.3 Å². The van der Waals surface area contributed by atoms with Gasteiger partial charge in [0.05, 0.1) is 28.7 Å². The molecule has 2 unspecified atom stereocenters. The number of nitrogens with zero attached hydrogens (tertiary/aromatic N) is 1. The van der Waals surface area contributed by atoms with Crippen molar-refractivity contribution in [2.24, 2.45) is 17.3 Å². The molecule has 1 saturated heterocycles. The van der Waals surface area contributed by atoms with Crippen LogP contribution in [-0.2, 0) is 77.8 Å². The fourth-order valence-electron chi connectivity index (χ4n) is 9.73. The zero-order valence-electron chi connectivity index (χ0n) is 35.4. The van der Waals surface area contributed by atoms with Gasteiger partial charge in [-0.05, 0) is 51.0 Å². The summed E-state index contributed by atoms with van der Waals surface area (Å²) in [5, 5.41) is 13.6. The Bertz CT molecular complexity index is 2140. The van der Waals surface area contributed by atoms with Gasteiger partial charge in [0.15, 0.2) is 30.0 Å². The van der Waals surface area contributed by atoms with Crippen LogP contribution in [0.5, 0.6) is 0 Å². The molecule has 1 spiro atoms. The zero-order valence-corrected chi connectivity index (χ0v) is 35.4. The quantitative estimate of drug-likeness (QED) is 0.295. The van der Waals surface area contributed by atoms with Crippen LogP contribution in [0.15, 0.2) is 48.7 Å². The van der Waals surface area contributed by atoms with Crippen molar-refractivity contribution >= 4 is 47.8 Å². The molecule has 0 amide bonds. The lowest BCUT2D eigenvalue weighted by molar-refractivity contribution is -0.386. The van der Waals surface area contributed by atoms with Crippen LogP contribution in [0.25, 0.3) is 0 Å². The summed E-state index contributed by atoms with van der Waals surface area (Å²) < 4.78 is 55.3. The lowest BCUT2D eigenvalue weighted by Gasteiger charge is -2.67. The first kappa shape index (κ1) is 45.6. The van der Waals surface area contributed by atoms with Gasteiger partial charge in [0.2, 0.25) is 0 Å². The predicted octanol–water partition coefficient (Wildman–Crippen LogP) is 2.16. The van der Waals surface area contributed by atoms with Gasteiger partial charge in [-0.1, -0.05) is 25.1 Å². The molecular weight excluding hydrogens is 818 g/mol. The van der Waals surface area contributed by atoms with Gasteiger partial charge in [0, 0.05) is 40.8 Å². The molecule has 4 aliphatic rings. The summed E-state index contributed by atoms with van der Waals surface area (Å²) in [5.41, 5.74) is -10.1. The van der Waals surface area contributed by atoms with Crippen molar-refractivity contribution in [3.8, 4) is 0 Å². The Labute approximate surface area is 355 Å². The first-order valence-electron chi connectivity index (χ1n) is 19.9. The summed E-state index contributed by atoms with van der Waals surface area (Å²) in [7, 11) is 0. The third-order valence-corrected chi connectivity index (χ3v) is 12.1. The number of aliphatic hydroxyl groups is 1. The van der Waals surface area contributed by atoms with Crippen molar-refractivity contribution in [1.29, 1.82) is 0 Å². The van der Waals surface area contributed by atoms with Crippen molar-refractivity contribution in [3.63, 3.8) is 0 Å². The normalized spacial score (nSPS) is 35.0. The number of hydrogen-bond acceptors (Lipinski definition) is 19. The van der Waals surface area contributed by atoms with Gasteiger partial charge in [-0.25, -0.2) is 9.59 Å². The molecule has 1 aromatic carbocycles. The first-order chi connectivity index (χ1) is 29.1. The average Bonchev–Trinajstić information content (AvgIpc) is 3.41. The van der Waals surface area contributed by atoms with E-state index in [0.717, 1.165) is 41.5 Å². The molecule has 4 bridgehead atoms. The first-order valence-corrected chi connectivity index (χ1v) is 19.9. The summed E-state index contributed by atoms with van der Waals surface area (Å²) >= 11 is 0. The number of benzene rings is 1. The molecule has 2 aromatic rings. The highest BCUT2D eigenvalue weighted by Gasteiger charge is 2.92. The maximum absolute atomic E-state index is 14.4. The van der Waals surface area contributed by atoms with E-state index in [-0.39, 0.29) is 29.7 Å². The molecular formula is C43H49NO18. The number of aryl methyl sites for hydroxylation is 1. The van der Waals surface area contributed by atoms with Crippen LogP contribution in [0.1, 0.15) is 88.2 Å². The smallest absolute Gasteiger partial charge is 0.340 e. The van der Waals surface area contributed by atoms with Crippen LogP contribution >= 0.6 is 0 Å². The summed E-state index contributed by atoms with van der Waals surface area (Å²) in [6.07, 6.45) is -10.6. The summed E-state index contributed by atoms with van der Waals surface area (Å²) in [5.74, 6) is -10.7. The van der Waals surface area contributed by atoms with Gasteiger partial charge < -0.3 is 47.7 Å². The predicted molar refractivity (Wildman–Crippen MR) is 205 cm³/mol. The van der Waals surface area contributed by atoms with E-state index in [2.05, 4.69) is 4.98 Å². The molecule has 19 heteroatoms. The Hall–Kier alpha value is -5.95. The Balaban J connectivity index is 1.77. The molecule has 62 heavy (non-hydrogen) atoms. The standard InChI is InChI=1S/C43H49NO18/c1-21-16-17-29-28(15-12-18-44-29)39(52)55-19-40(7)30-31(56-23(3)46)35(58-25(5)48)42(20-54-22(2)45)36(59-26(6)49)32(60-38(51)27-13-10-9-11-14-27)34(61-37(21)50)41(8,53)43(42,62-40)33(30)57-24(4)47/h9-15,18,21,30-36,53H,16-17,19-20H2,1-8H3/t21?,30-,31-,32+,33+,34+,35-,36+,40+,41+,42-,43?/m1/s1. The molecule has 2 aliphatic heterocycles. The van der Waals surface area contributed by atoms with Crippen LogP contribution < -0.4 is 0 Å². The van der Waals surface area contributed by atoms with Gasteiger partial charge in [-0.3, -0.25) is 33.8 Å². The van der Waals surface area contributed by atoms with E-state index in [1.165, 1.54) is 56.4 Å². The Kier molecular flexibility index (Phi) is 12.6. The fourth-order valence-corrected chi connectivity index (χ4v) is 9.73. The molecule has 2 aliphatic carbocycles. The minimum atomic E-state index is -2.86. The zero-order chi connectivity index (χ0) is 45.5. The minimum Gasteiger partial charge on any atom is -0.465 e. The van der Waals surface area contributed by atoms with Gasteiger partial charge in [-0.15, -0.1) is 0 Å². The van der Waals surface area contributed by atoms with E-state index < -0.39 is 132 Å². The highest BCUT2D eigenvalue weighted by atomic mass is 16.7. The molecule has 2 saturated carbocycles. The van der Waals surface area contributed by atoms with Crippen molar-refractivity contribution in [2.45, 2.75) is 122 Å². The maximum atomic E-state index is 14.4. The lowest BCUT2D eigenvalue weighted by Crippen LogP contribution is -2.89. The summed E-state index contributed by atoms with van der Waals surface area (Å²) in [6.45, 7) is 7.16. The molecule has 1 aromatic heterocycles. The van der Waals surface area contributed by atoms with E-state index in [1.807, 2.05) is 0 Å². The van der Waals surface area contributed by atoms with E-state index >= 15 is 0 Å². The van der Waals surface area contributed by atoms with Gasteiger partial charge in [-0.2, -0.15) is 0 Å². The molecule has 3 heterocycles. The van der Waals surface area contributed by atoms with Gasteiger partial charge in [0.1, 0.15) is 42.0 Å². The fraction of sp³-hybridized carbons (Fsp3) is 0.558. The van der Waals surface area contributed by atoms with Gasteiger partial charge in [0.25, 0.3) is 0 Å². The van der Waals surface area contributed by atoms with E-state index in [0.29, 0.717) is 0 Å². The molecule has 0 radical (unpaired) electrons. The summed E-state index contributed by atoms with van der Waals surface area (Å²) in [6, 6.07) is 10.4. The Morgan fingerprint density at radius 3 is 1.97 bits per heavy atom. The number of carbonyl (C=O) groups excluding carboxylic acids is 8. The van der Waals surface area contributed by atoms with E-state index in [1.54, 1.807) is 6.07 Å². The van der Waals surface area contributed by atoms with Crippen LogP contribution in [0.3, 0.4) is 0 Å². The molecule has 3 fully saturated rings.